The molecular weight excluding hydrogens is 535 g/mol. The summed E-state index contributed by atoms with van der Waals surface area (Å²) in [7, 11) is 1.43. The van der Waals surface area contributed by atoms with Crippen molar-refractivity contribution in [3.8, 4) is 17.2 Å². The Morgan fingerprint density at radius 2 is 1.66 bits per heavy atom. The largest absolute Gasteiger partial charge is 0.493 e. The molecule has 0 aliphatic heterocycles. The van der Waals surface area contributed by atoms with Crippen molar-refractivity contribution in [1.29, 1.82) is 0 Å². The number of nitrogens with one attached hydrogen (secondary N) is 3. The van der Waals surface area contributed by atoms with E-state index in [1.165, 1.54) is 19.4 Å². The third-order valence-corrected chi connectivity index (χ3v) is 5.32. The van der Waals surface area contributed by atoms with Crippen LogP contribution in [0.3, 0.4) is 0 Å². The summed E-state index contributed by atoms with van der Waals surface area (Å²) in [5.41, 5.74) is 3.46. The second kappa shape index (κ2) is 13.9. The van der Waals surface area contributed by atoms with E-state index in [1.807, 2.05) is 6.92 Å². The molecule has 0 fully saturated rings. The molecule has 0 heterocycles. The lowest BCUT2D eigenvalue weighted by Gasteiger charge is -2.12. The van der Waals surface area contributed by atoms with Gasteiger partial charge in [0.05, 0.1) is 36.3 Å². The van der Waals surface area contributed by atoms with Gasteiger partial charge in [-0.3, -0.25) is 14.4 Å². The maximum absolute atomic E-state index is 12.2. The molecule has 0 saturated heterocycles. The van der Waals surface area contributed by atoms with Gasteiger partial charge >= 0.3 is 11.8 Å². The number of para-hydroxylation sites is 2. The molecule has 38 heavy (non-hydrogen) atoms. The molecule has 0 spiro atoms. The van der Waals surface area contributed by atoms with E-state index in [2.05, 4.69) is 21.2 Å². The summed E-state index contributed by atoms with van der Waals surface area (Å²) in [6.45, 7) is 1.91. The summed E-state index contributed by atoms with van der Waals surface area (Å²) in [4.78, 5) is 36.6. The number of ether oxygens (including phenoxy) is 3. The van der Waals surface area contributed by atoms with E-state index in [-0.39, 0.29) is 6.61 Å². The second-order valence-electron chi connectivity index (χ2n) is 7.45. The number of benzene rings is 3. The van der Waals surface area contributed by atoms with E-state index >= 15 is 0 Å². The zero-order valence-corrected chi connectivity index (χ0v) is 21.9. The Balaban J connectivity index is 1.54. The summed E-state index contributed by atoms with van der Waals surface area (Å²) in [6.07, 6.45) is 1.32. The number of rotatable bonds is 10. The van der Waals surface area contributed by atoms with Crippen LogP contribution in [-0.2, 0) is 14.4 Å². The minimum absolute atomic E-state index is 0.298. The molecule has 198 valence electrons. The van der Waals surface area contributed by atoms with Crippen molar-refractivity contribution in [2.45, 2.75) is 6.92 Å². The van der Waals surface area contributed by atoms with Crippen molar-refractivity contribution in [3.63, 3.8) is 0 Å². The van der Waals surface area contributed by atoms with Crippen LogP contribution in [0.1, 0.15) is 12.5 Å². The zero-order valence-electron chi connectivity index (χ0n) is 20.4. The Morgan fingerprint density at radius 1 is 0.868 bits per heavy atom. The molecule has 3 amide bonds. The molecule has 10 nitrogen and oxygen atoms in total. The van der Waals surface area contributed by atoms with Crippen molar-refractivity contribution in [2.24, 2.45) is 5.10 Å². The van der Waals surface area contributed by atoms with E-state index in [4.69, 9.17) is 37.4 Å². The van der Waals surface area contributed by atoms with Crippen molar-refractivity contribution < 1.29 is 28.6 Å². The van der Waals surface area contributed by atoms with Gasteiger partial charge in [0.1, 0.15) is 5.75 Å². The summed E-state index contributed by atoms with van der Waals surface area (Å²) in [5, 5.41) is 9.66. The molecule has 0 aliphatic rings. The lowest BCUT2D eigenvalue weighted by molar-refractivity contribution is -0.136. The van der Waals surface area contributed by atoms with Gasteiger partial charge in [0.15, 0.2) is 18.1 Å². The first-order chi connectivity index (χ1) is 18.3. The highest BCUT2D eigenvalue weighted by Crippen LogP contribution is 2.28. The van der Waals surface area contributed by atoms with Crippen LogP contribution < -0.4 is 30.3 Å². The number of hydrogen-bond donors (Lipinski definition) is 3. The van der Waals surface area contributed by atoms with Crippen molar-refractivity contribution in [2.75, 3.05) is 31.0 Å². The first-order valence-electron chi connectivity index (χ1n) is 11.2. The smallest absolute Gasteiger partial charge is 0.329 e. The molecule has 3 N–H and O–H groups in total. The number of halogens is 2. The highest BCUT2D eigenvalue weighted by molar-refractivity contribution is 6.39. The molecule has 0 atom stereocenters. The predicted octanol–water partition coefficient (Wildman–Crippen LogP) is 4.51. The molecule has 0 unspecified atom stereocenters. The van der Waals surface area contributed by atoms with Crippen LogP contribution in [0, 0.1) is 0 Å². The molecule has 0 aromatic heterocycles. The quantitative estimate of drug-likeness (QED) is 0.191. The molecular formula is C26H24Cl2N4O6. The van der Waals surface area contributed by atoms with E-state index < -0.39 is 17.7 Å². The van der Waals surface area contributed by atoms with Gasteiger partial charge in [0, 0.05) is 5.02 Å². The van der Waals surface area contributed by atoms with Crippen LogP contribution in [0.5, 0.6) is 17.2 Å². The number of hydrazone groups is 1. The summed E-state index contributed by atoms with van der Waals surface area (Å²) >= 11 is 11.9. The minimum atomic E-state index is -0.966. The minimum Gasteiger partial charge on any atom is -0.493 e. The van der Waals surface area contributed by atoms with E-state index in [0.29, 0.717) is 50.8 Å². The van der Waals surface area contributed by atoms with Crippen molar-refractivity contribution >= 4 is 58.5 Å². The van der Waals surface area contributed by atoms with Crippen molar-refractivity contribution in [1.82, 2.24) is 5.43 Å². The van der Waals surface area contributed by atoms with Gasteiger partial charge in [-0.2, -0.15) is 5.10 Å². The average Bonchev–Trinajstić information content (AvgIpc) is 2.90. The molecule has 0 saturated carbocycles. The van der Waals surface area contributed by atoms with Gasteiger partial charge in [0.25, 0.3) is 5.91 Å². The molecule has 3 rings (SSSR count). The SMILES string of the molecule is CCOc1ccccc1NC(=O)C(=O)N/N=C\c1ccc(OCC(=O)Nc2ccc(Cl)cc2Cl)c(OC)c1. The second-order valence-corrected chi connectivity index (χ2v) is 8.30. The highest BCUT2D eigenvalue weighted by atomic mass is 35.5. The topological polar surface area (TPSA) is 127 Å². The first-order valence-corrected chi connectivity index (χ1v) is 12.0. The maximum atomic E-state index is 12.2. The molecule has 0 aliphatic carbocycles. The number of nitrogens with zero attached hydrogens (tertiary/aromatic N) is 1. The summed E-state index contributed by atoms with van der Waals surface area (Å²) in [5.74, 6) is -1.24. The Hall–Kier alpha value is -4.28. The third-order valence-electron chi connectivity index (χ3n) is 4.77. The van der Waals surface area contributed by atoms with Gasteiger partial charge in [-0.1, -0.05) is 35.3 Å². The monoisotopic (exact) mass is 558 g/mol. The van der Waals surface area contributed by atoms with Crippen LogP contribution >= 0.6 is 23.2 Å². The van der Waals surface area contributed by atoms with Gasteiger partial charge in [-0.05, 0) is 61.0 Å². The normalized spacial score (nSPS) is 10.5. The number of amides is 3. The first kappa shape index (κ1) is 28.3. The van der Waals surface area contributed by atoms with Gasteiger partial charge in [-0.25, -0.2) is 5.43 Å². The Bertz CT molecular complexity index is 1350. The van der Waals surface area contributed by atoms with Gasteiger partial charge < -0.3 is 24.8 Å². The Labute approximate surface area is 228 Å². The molecule has 3 aromatic carbocycles. The lowest BCUT2D eigenvalue weighted by Crippen LogP contribution is -2.32. The fourth-order valence-electron chi connectivity index (χ4n) is 3.05. The van der Waals surface area contributed by atoms with Crippen LogP contribution in [0.15, 0.2) is 65.8 Å². The van der Waals surface area contributed by atoms with Gasteiger partial charge in [0.2, 0.25) is 0 Å². The average molecular weight is 559 g/mol. The molecule has 12 heteroatoms. The van der Waals surface area contributed by atoms with E-state index in [1.54, 1.807) is 54.6 Å². The lowest BCUT2D eigenvalue weighted by atomic mass is 10.2. The highest BCUT2D eigenvalue weighted by Gasteiger charge is 2.15. The van der Waals surface area contributed by atoms with Crippen LogP contribution in [0.2, 0.25) is 10.0 Å². The van der Waals surface area contributed by atoms with E-state index in [9.17, 15) is 14.4 Å². The number of carbonyl (C=O) groups is 3. The van der Waals surface area contributed by atoms with Crippen LogP contribution in [0.25, 0.3) is 0 Å². The Kier molecular flexibility index (Phi) is 10.3. The van der Waals surface area contributed by atoms with E-state index in [0.717, 1.165) is 0 Å². The number of hydrogen-bond acceptors (Lipinski definition) is 7. The summed E-state index contributed by atoms with van der Waals surface area (Å²) in [6, 6.07) is 16.2. The number of carbonyl (C=O) groups excluding carboxylic acids is 3. The summed E-state index contributed by atoms with van der Waals surface area (Å²) < 4.78 is 16.3. The Morgan fingerprint density at radius 3 is 2.39 bits per heavy atom. The zero-order chi connectivity index (χ0) is 27.5. The molecule has 3 aromatic rings. The molecule has 0 radical (unpaired) electrons. The van der Waals surface area contributed by atoms with Crippen LogP contribution in [0.4, 0.5) is 11.4 Å². The molecule has 0 bridgehead atoms. The van der Waals surface area contributed by atoms with Crippen LogP contribution in [-0.4, -0.2) is 44.3 Å². The predicted molar refractivity (Wildman–Crippen MR) is 146 cm³/mol. The number of methoxy groups -OCH3 is 1. The van der Waals surface area contributed by atoms with Gasteiger partial charge in [-0.15, -0.1) is 0 Å². The maximum Gasteiger partial charge on any atom is 0.329 e. The third kappa shape index (κ3) is 8.12. The fraction of sp³-hybridized carbons (Fsp3) is 0.154. The standard InChI is InChI=1S/C26H24Cl2N4O6/c1-3-37-21-7-5-4-6-20(21)31-25(34)26(35)32-29-14-16-8-11-22(23(12-16)36-2)38-15-24(33)30-19-10-9-17(27)13-18(19)28/h4-14H,3,15H2,1-2H3,(H,30,33)(H,31,34)(H,32,35)/b29-14-. The fourth-order valence-corrected chi connectivity index (χ4v) is 3.51. The number of anilines is 2. The van der Waals surface area contributed by atoms with Crippen molar-refractivity contribution in [3.05, 3.63) is 76.3 Å².